The van der Waals surface area contributed by atoms with Crippen LogP contribution in [0.1, 0.15) is 34.1 Å². The van der Waals surface area contributed by atoms with Gasteiger partial charge in [-0.05, 0) is 56.7 Å². The van der Waals surface area contributed by atoms with E-state index in [1.807, 2.05) is 0 Å². The summed E-state index contributed by atoms with van der Waals surface area (Å²) in [5.41, 5.74) is 0. The Bertz CT molecular complexity index is 188. The van der Waals surface area contributed by atoms with Crippen LogP contribution in [0.2, 0.25) is 0 Å². The van der Waals surface area contributed by atoms with Crippen molar-refractivity contribution in [3.63, 3.8) is 0 Å². The van der Waals surface area contributed by atoms with Crippen LogP contribution in [0.3, 0.4) is 0 Å². The van der Waals surface area contributed by atoms with Gasteiger partial charge in [-0.3, -0.25) is 0 Å². The molecule has 0 heterocycles. The summed E-state index contributed by atoms with van der Waals surface area (Å²) < 4.78 is 0. The van der Waals surface area contributed by atoms with Crippen molar-refractivity contribution in [1.29, 1.82) is 0 Å². The molecule has 1 nitrogen and oxygen atoms in total. The summed E-state index contributed by atoms with van der Waals surface area (Å²) >= 11 is -0.226. The first-order chi connectivity index (χ1) is 7.86. The summed E-state index contributed by atoms with van der Waals surface area (Å²) in [6, 6.07) is 0. The first kappa shape index (κ1) is 21.5. The fraction of sp³-hybridized carbons (Fsp3) is 0.929. The van der Waals surface area contributed by atoms with Gasteiger partial charge in [0, 0.05) is 0 Å². The Morgan fingerprint density at radius 2 is 1.22 bits per heavy atom. The van der Waals surface area contributed by atoms with Gasteiger partial charge in [-0.2, -0.15) is 0 Å². The van der Waals surface area contributed by atoms with E-state index in [2.05, 4.69) is 46.7 Å². The molecule has 0 aromatic carbocycles. The SMILES string of the molecule is CC1C(C)C(C)C(CCN(C)C)C1C.[CH3-].[Cl][Rh][Cl]. The van der Waals surface area contributed by atoms with Crippen molar-refractivity contribution < 1.29 is 15.1 Å². The zero-order valence-corrected chi connectivity index (χ0v) is 16.0. The number of hydrogen-bond donors (Lipinski definition) is 0. The van der Waals surface area contributed by atoms with E-state index in [0.29, 0.717) is 0 Å². The summed E-state index contributed by atoms with van der Waals surface area (Å²) in [6.45, 7) is 11.0. The molecule has 0 radical (unpaired) electrons. The molecular formula is C14H30Cl2NRh-. The average molecular weight is 386 g/mol. The Balaban J connectivity index is 0. The van der Waals surface area contributed by atoms with E-state index < -0.39 is 0 Å². The number of halogens is 2. The zero-order valence-electron chi connectivity index (χ0n) is 12.8. The van der Waals surface area contributed by atoms with Gasteiger partial charge >= 0.3 is 34.5 Å². The Hall–Kier alpha value is 1.16. The number of rotatable bonds is 3. The van der Waals surface area contributed by atoms with Crippen molar-refractivity contribution in [1.82, 2.24) is 4.90 Å². The monoisotopic (exact) mass is 385 g/mol. The van der Waals surface area contributed by atoms with E-state index in [0.717, 1.165) is 29.6 Å². The molecule has 1 aliphatic carbocycles. The zero-order chi connectivity index (χ0) is 13.6. The van der Waals surface area contributed by atoms with E-state index in [4.69, 9.17) is 19.4 Å². The standard InChI is InChI=1S/C13H27N.CH3.2ClH.Rh/c1-9-10(2)12(4)13(11(9)3)7-8-14(5)6;;;;/h9-13H,7-8H2,1-6H3;1H3;2*1H;/q;-1;;;+2/p-2. The maximum atomic E-state index is 4.83. The van der Waals surface area contributed by atoms with Crippen LogP contribution in [-0.2, 0) is 15.1 Å². The van der Waals surface area contributed by atoms with E-state index in [9.17, 15) is 0 Å². The summed E-state index contributed by atoms with van der Waals surface area (Å²) in [7, 11) is 14.0. The van der Waals surface area contributed by atoms with E-state index in [-0.39, 0.29) is 22.6 Å². The molecule has 0 spiro atoms. The molecule has 0 aliphatic heterocycles. The molecule has 18 heavy (non-hydrogen) atoms. The normalized spacial score (nSPS) is 35.1. The van der Waals surface area contributed by atoms with Gasteiger partial charge in [-0.1, -0.05) is 27.7 Å². The molecule has 4 heteroatoms. The quantitative estimate of drug-likeness (QED) is 0.491. The first-order valence-electron chi connectivity index (χ1n) is 6.35. The molecule has 115 valence electrons. The van der Waals surface area contributed by atoms with Gasteiger partial charge in [-0.15, -0.1) is 0 Å². The molecule has 0 aromatic rings. The molecule has 1 aliphatic rings. The topological polar surface area (TPSA) is 3.24 Å². The van der Waals surface area contributed by atoms with Crippen LogP contribution in [0.25, 0.3) is 0 Å². The van der Waals surface area contributed by atoms with Crippen molar-refractivity contribution >= 4 is 19.4 Å². The molecule has 1 fully saturated rings. The van der Waals surface area contributed by atoms with Gasteiger partial charge in [0.25, 0.3) is 0 Å². The summed E-state index contributed by atoms with van der Waals surface area (Å²) in [4.78, 5) is 2.31. The van der Waals surface area contributed by atoms with Gasteiger partial charge in [0.1, 0.15) is 0 Å². The fourth-order valence-corrected chi connectivity index (χ4v) is 3.15. The van der Waals surface area contributed by atoms with Crippen molar-refractivity contribution in [3.05, 3.63) is 7.43 Å². The fourth-order valence-electron chi connectivity index (χ4n) is 3.15. The number of nitrogens with zero attached hydrogens (tertiary/aromatic N) is 1. The first-order valence-corrected chi connectivity index (χ1v) is 10.6. The molecule has 0 aromatic heterocycles. The van der Waals surface area contributed by atoms with Gasteiger partial charge in [-0.25, -0.2) is 0 Å². The van der Waals surface area contributed by atoms with Crippen LogP contribution in [-0.4, -0.2) is 25.5 Å². The van der Waals surface area contributed by atoms with Gasteiger partial charge in [0.2, 0.25) is 0 Å². The molecule has 1 saturated carbocycles. The summed E-state index contributed by atoms with van der Waals surface area (Å²) in [5, 5.41) is 0. The molecule has 0 amide bonds. The molecule has 0 bridgehead atoms. The second-order valence-electron chi connectivity index (χ2n) is 5.74. The second-order valence-corrected chi connectivity index (χ2v) is 8.23. The Morgan fingerprint density at radius 3 is 1.50 bits per heavy atom. The van der Waals surface area contributed by atoms with Crippen LogP contribution >= 0.6 is 19.4 Å². The average Bonchev–Trinajstić information content (AvgIpc) is 2.43. The van der Waals surface area contributed by atoms with Crippen LogP contribution in [0.5, 0.6) is 0 Å². The van der Waals surface area contributed by atoms with E-state index in [1.54, 1.807) is 0 Å². The summed E-state index contributed by atoms with van der Waals surface area (Å²) in [5.74, 6) is 4.61. The predicted molar refractivity (Wildman–Crippen MR) is 81.4 cm³/mol. The van der Waals surface area contributed by atoms with Crippen LogP contribution < -0.4 is 0 Å². The molecule has 1 rings (SSSR count). The second kappa shape index (κ2) is 10.9. The maximum absolute atomic E-state index is 4.83. The van der Waals surface area contributed by atoms with Crippen molar-refractivity contribution in [2.45, 2.75) is 34.1 Å². The van der Waals surface area contributed by atoms with Gasteiger partial charge in [0.05, 0.1) is 0 Å². The Kier molecular flexibility index (Phi) is 13.0. The summed E-state index contributed by atoms with van der Waals surface area (Å²) in [6.07, 6.45) is 1.38. The molecule has 0 saturated heterocycles. The Morgan fingerprint density at radius 1 is 0.889 bits per heavy atom. The van der Waals surface area contributed by atoms with Crippen LogP contribution in [0.4, 0.5) is 0 Å². The molecule has 4 unspecified atom stereocenters. The third-order valence-corrected chi connectivity index (χ3v) is 4.75. The van der Waals surface area contributed by atoms with Crippen molar-refractivity contribution in [3.8, 4) is 0 Å². The molecule has 4 atom stereocenters. The third kappa shape index (κ3) is 6.55. The number of hydrogen-bond acceptors (Lipinski definition) is 1. The predicted octanol–water partition coefficient (Wildman–Crippen LogP) is 4.94. The van der Waals surface area contributed by atoms with E-state index in [1.165, 1.54) is 13.0 Å². The van der Waals surface area contributed by atoms with Crippen LogP contribution in [0, 0.1) is 37.0 Å². The Labute approximate surface area is 131 Å². The van der Waals surface area contributed by atoms with Gasteiger partial charge in [0.15, 0.2) is 0 Å². The third-order valence-electron chi connectivity index (χ3n) is 4.75. The minimum absolute atomic E-state index is 0. The molecular weight excluding hydrogens is 356 g/mol. The minimum atomic E-state index is -0.226. The van der Waals surface area contributed by atoms with Crippen LogP contribution in [0.15, 0.2) is 0 Å². The van der Waals surface area contributed by atoms with E-state index >= 15 is 0 Å². The van der Waals surface area contributed by atoms with Crippen molar-refractivity contribution in [2.75, 3.05) is 20.6 Å². The molecule has 0 N–H and O–H groups in total. The van der Waals surface area contributed by atoms with Gasteiger partial charge < -0.3 is 12.3 Å². The van der Waals surface area contributed by atoms with Crippen molar-refractivity contribution in [2.24, 2.45) is 29.6 Å².